The molecule has 0 unspecified atom stereocenters. The van der Waals surface area contributed by atoms with Crippen molar-refractivity contribution in [2.45, 2.75) is 0 Å². The molecule has 0 amide bonds. The van der Waals surface area contributed by atoms with Crippen molar-refractivity contribution in [3.63, 3.8) is 0 Å². The van der Waals surface area contributed by atoms with E-state index < -0.39 is 0 Å². The van der Waals surface area contributed by atoms with E-state index >= 15 is 0 Å². The van der Waals surface area contributed by atoms with E-state index in [9.17, 15) is 0 Å². The van der Waals surface area contributed by atoms with Crippen LogP contribution in [0.25, 0.3) is 65.0 Å². The molecule has 33 heavy (non-hydrogen) atoms. The molecule has 0 atom stereocenters. The Bertz CT molecular complexity index is 1700. The highest BCUT2D eigenvalue weighted by Gasteiger charge is 2.15. The second kappa shape index (κ2) is 7.22. The van der Waals surface area contributed by atoms with Gasteiger partial charge in [0.05, 0.1) is 0 Å². The lowest BCUT2D eigenvalue weighted by Gasteiger charge is -2.08. The Hall–Kier alpha value is -4.08. The number of rotatable bonds is 2. The van der Waals surface area contributed by atoms with Crippen molar-refractivity contribution in [3.8, 4) is 22.0 Å². The van der Waals surface area contributed by atoms with Crippen molar-refractivity contribution in [3.05, 3.63) is 109 Å². The van der Waals surface area contributed by atoms with E-state index in [1.165, 1.54) is 54.6 Å². The van der Waals surface area contributed by atoms with Gasteiger partial charge in [-0.15, -0.1) is 0 Å². The first-order valence-electron chi connectivity index (χ1n) is 11.0. The van der Waals surface area contributed by atoms with Crippen LogP contribution in [0.15, 0.2) is 109 Å². The molecule has 154 valence electrons. The van der Waals surface area contributed by atoms with Crippen LogP contribution in [0, 0.1) is 0 Å². The van der Waals surface area contributed by atoms with Crippen LogP contribution in [0.5, 0.6) is 0 Å². The number of aromatic nitrogens is 2. The second-order valence-electron chi connectivity index (χ2n) is 8.30. The van der Waals surface area contributed by atoms with E-state index in [0.717, 1.165) is 22.0 Å². The van der Waals surface area contributed by atoms with E-state index in [2.05, 4.69) is 109 Å². The first kappa shape index (κ1) is 18.5. The van der Waals surface area contributed by atoms with E-state index in [1.807, 2.05) is 0 Å². The summed E-state index contributed by atoms with van der Waals surface area (Å²) in [6.45, 7) is 0. The van der Waals surface area contributed by atoms with Crippen LogP contribution in [-0.4, -0.2) is 9.36 Å². The Morgan fingerprint density at radius 1 is 0.455 bits per heavy atom. The fraction of sp³-hybridized carbons (Fsp3) is 0. The van der Waals surface area contributed by atoms with Crippen LogP contribution in [0.4, 0.5) is 0 Å². The summed E-state index contributed by atoms with van der Waals surface area (Å²) >= 11 is 1.47. The lowest BCUT2D eigenvalue weighted by atomic mass is 9.97. The summed E-state index contributed by atoms with van der Waals surface area (Å²) in [5, 5.41) is 10.8. The SMILES string of the molecule is c1ccc2c(c1)ccc1cccc(-c3nsc(-c4cccc5ccc6ccccc6c45)n3)c12. The minimum atomic E-state index is 0.786. The summed E-state index contributed by atoms with van der Waals surface area (Å²) in [6, 6.07) is 38.7. The van der Waals surface area contributed by atoms with Gasteiger partial charge in [0.1, 0.15) is 5.01 Å². The molecule has 0 saturated carbocycles. The van der Waals surface area contributed by atoms with Gasteiger partial charge in [0.15, 0.2) is 5.82 Å². The first-order chi connectivity index (χ1) is 16.4. The molecule has 0 aliphatic carbocycles. The molecule has 7 aromatic rings. The zero-order chi connectivity index (χ0) is 21.8. The van der Waals surface area contributed by atoms with Crippen molar-refractivity contribution in [1.29, 1.82) is 0 Å². The van der Waals surface area contributed by atoms with Gasteiger partial charge in [0, 0.05) is 16.5 Å². The van der Waals surface area contributed by atoms with E-state index in [4.69, 9.17) is 9.36 Å². The van der Waals surface area contributed by atoms with Gasteiger partial charge in [-0.2, -0.15) is 4.37 Å². The van der Waals surface area contributed by atoms with Crippen LogP contribution in [0.2, 0.25) is 0 Å². The van der Waals surface area contributed by atoms with Crippen LogP contribution in [0.1, 0.15) is 0 Å². The van der Waals surface area contributed by atoms with Gasteiger partial charge in [0.25, 0.3) is 0 Å². The van der Waals surface area contributed by atoms with E-state index in [0.29, 0.717) is 0 Å². The van der Waals surface area contributed by atoms with Crippen molar-refractivity contribution in [1.82, 2.24) is 9.36 Å². The minimum absolute atomic E-state index is 0.786. The molecule has 0 saturated heterocycles. The lowest BCUT2D eigenvalue weighted by molar-refractivity contribution is 1.34. The third-order valence-electron chi connectivity index (χ3n) is 6.44. The normalized spacial score (nSPS) is 11.6. The van der Waals surface area contributed by atoms with E-state index in [-0.39, 0.29) is 0 Å². The predicted molar refractivity (Wildman–Crippen MR) is 141 cm³/mol. The molecule has 3 heteroatoms. The van der Waals surface area contributed by atoms with Crippen LogP contribution in [0.3, 0.4) is 0 Å². The van der Waals surface area contributed by atoms with Gasteiger partial charge in [0.2, 0.25) is 0 Å². The van der Waals surface area contributed by atoms with Crippen molar-refractivity contribution in [2.75, 3.05) is 0 Å². The minimum Gasteiger partial charge on any atom is -0.215 e. The molecule has 7 rings (SSSR count). The van der Waals surface area contributed by atoms with Gasteiger partial charge in [-0.25, -0.2) is 4.98 Å². The summed E-state index contributed by atoms with van der Waals surface area (Å²) in [5.74, 6) is 0.786. The summed E-state index contributed by atoms with van der Waals surface area (Å²) in [6.07, 6.45) is 0. The van der Waals surface area contributed by atoms with Crippen LogP contribution in [-0.2, 0) is 0 Å². The van der Waals surface area contributed by atoms with Crippen LogP contribution >= 0.6 is 11.5 Å². The van der Waals surface area contributed by atoms with Crippen molar-refractivity contribution < 1.29 is 0 Å². The van der Waals surface area contributed by atoms with Gasteiger partial charge >= 0.3 is 0 Å². The molecule has 1 aromatic heterocycles. The van der Waals surface area contributed by atoms with Gasteiger partial charge < -0.3 is 0 Å². The summed E-state index contributed by atoms with van der Waals surface area (Å²) in [7, 11) is 0. The number of nitrogens with zero attached hydrogens (tertiary/aromatic N) is 2. The maximum absolute atomic E-state index is 5.07. The lowest BCUT2D eigenvalue weighted by Crippen LogP contribution is -1.87. The molecule has 0 aliphatic heterocycles. The zero-order valence-electron chi connectivity index (χ0n) is 17.7. The first-order valence-corrected chi connectivity index (χ1v) is 11.8. The summed E-state index contributed by atoms with van der Waals surface area (Å²) in [4.78, 5) is 5.07. The molecule has 0 N–H and O–H groups in total. The highest BCUT2D eigenvalue weighted by Crippen LogP contribution is 2.38. The highest BCUT2D eigenvalue weighted by atomic mass is 32.1. The van der Waals surface area contributed by atoms with Gasteiger partial charge in [-0.3, -0.25) is 0 Å². The van der Waals surface area contributed by atoms with Gasteiger partial charge in [-0.1, -0.05) is 109 Å². The fourth-order valence-corrected chi connectivity index (χ4v) is 5.63. The molecule has 0 bridgehead atoms. The second-order valence-corrected chi connectivity index (χ2v) is 9.06. The van der Waals surface area contributed by atoms with Crippen molar-refractivity contribution in [2.24, 2.45) is 0 Å². The number of benzene rings is 6. The quantitative estimate of drug-likeness (QED) is 0.253. The number of hydrogen-bond donors (Lipinski definition) is 0. The molecule has 0 aliphatic rings. The predicted octanol–water partition coefficient (Wildman–Crippen LogP) is 8.48. The number of fused-ring (bicyclic) bond motifs is 6. The number of hydrogen-bond acceptors (Lipinski definition) is 3. The smallest absolute Gasteiger partial charge is 0.174 e. The topological polar surface area (TPSA) is 25.8 Å². The fourth-order valence-electron chi connectivity index (χ4n) is 4.93. The largest absolute Gasteiger partial charge is 0.215 e. The third-order valence-corrected chi connectivity index (χ3v) is 7.18. The molecular formula is C30H18N2S. The Morgan fingerprint density at radius 2 is 0.970 bits per heavy atom. The molecule has 1 heterocycles. The Labute approximate surface area is 194 Å². The summed E-state index contributed by atoms with van der Waals surface area (Å²) in [5.41, 5.74) is 2.22. The average Bonchev–Trinajstić information content (AvgIpc) is 3.38. The Balaban J connectivity index is 1.48. The average molecular weight is 439 g/mol. The molecule has 6 aromatic carbocycles. The van der Waals surface area contributed by atoms with E-state index in [1.54, 1.807) is 0 Å². The van der Waals surface area contributed by atoms with Crippen LogP contribution < -0.4 is 0 Å². The molecule has 2 nitrogen and oxygen atoms in total. The third kappa shape index (κ3) is 2.86. The summed E-state index contributed by atoms with van der Waals surface area (Å²) < 4.78 is 4.84. The van der Waals surface area contributed by atoms with Crippen molar-refractivity contribution >= 4 is 54.6 Å². The molecule has 0 spiro atoms. The maximum Gasteiger partial charge on any atom is 0.174 e. The molecular weight excluding hydrogens is 420 g/mol. The molecule has 0 fully saturated rings. The Morgan fingerprint density at radius 3 is 1.64 bits per heavy atom. The highest BCUT2D eigenvalue weighted by molar-refractivity contribution is 7.09. The Kier molecular flexibility index (Phi) is 4.05. The standard InChI is InChI=1S/C30H18N2S/c1-3-11-23-19(7-1)15-17-21-9-5-13-25(27(21)23)29-31-30(33-32-29)26-14-6-10-22-18-16-20-8-2-4-12-24(20)28(22)26/h1-18H. The zero-order valence-corrected chi connectivity index (χ0v) is 18.5. The monoisotopic (exact) mass is 438 g/mol. The maximum atomic E-state index is 5.07. The van der Waals surface area contributed by atoms with Gasteiger partial charge in [-0.05, 0) is 49.2 Å². The molecule has 0 radical (unpaired) electrons.